The van der Waals surface area contributed by atoms with Gasteiger partial charge in [0, 0.05) is 16.4 Å². The van der Waals surface area contributed by atoms with Crippen molar-refractivity contribution in [2.24, 2.45) is 0 Å². The van der Waals surface area contributed by atoms with Crippen molar-refractivity contribution in [2.45, 2.75) is 12.2 Å². The lowest BCUT2D eigenvalue weighted by Gasteiger charge is -2.19. The predicted octanol–water partition coefficient (Wildman–Crippen LogP) is 4.59. The van der Waals surface area contributed by atoms with Crippen LogP contribution in [0.3, 0.4) is 0 Å². The number of carboxylic acids is 1. The van der Waals surface area contributed by atoms with Gasteiger partial charge in [-0.25, -0.2) is 0 Å². The largest absolute Gasteiger partial charge is 0.481 e. The third kappa shape index (κ3) is 2.72. The first-order valence-electron chi connectivity index (χ1n) is 6.43. The van der Waals surface area contributed by atoms with Gasteiger partial charge in [-0.15, -0.1) is 23.5 Å². The van der Waals surface area contributed by atoms with Crippen LogP contribution in [0.1, 0.15) is 17.5 Å². The Morgan fingerprint density at radius 2 is 2.10 bits per heavy atom. The zero-order valence-corrected chi connectivity index (χ0v) is 12.5. The van der Waals surface area contributed by atoms with Gasteiger partial charge in [0.2, 0.25) is 0 Å². The number of hydrogen-bond acceptors (Lipinski definition) is 3. The fourth-order valence-electron chi connectivity index (χ4n) is 2.35. The molecule has 102 valence electrons. The van der Waals surface area contributed by atoms with E-state index in [2.05, 4.69) is 41.8 Å². The highest BCUT2D eigenvalue weighted by Crippen LogP contribution is 2.41. The molecular formula is C16H14O2S2. The Balaban J connectivity index is 1.92. The highest BCUT2D eigenvalue weighted by Gasteiger charge is 2.16. The van der Waals surface area contributed by atoms with E-state index in [4.69, 9.17) is 5.11 Å². The number of benzene rings is 2. The van der Waals surface area contributed by atoms with Crippen LogP contribution in [-0.2, 0) is 10.5 Å². The summed E-state index contributed by atoms with van der Waals surface area (Å²) in [6, 6.07) is 12.7. The highest BCUT2D eigenvalue weighted by molar-refractivity contribution is 8.10. The molecule has 3 rings (SSSR count). The summed E-state index contributed by atoms with van der Waals surface area (Å²) in [6.07, 6.45) is 0.204. The van der Waals surface area contributed by atoms with Crippen molar-refractivity contribution in [3.05, 3.63) is 52.9 Å². The maximum atomic E-state index is 10.6. The van der Waals surface area contributed by atoms with Gasteiger partial charge in [0.05, 0.1) is 6.42 Å². The maximum absolute atomic E-state index is 10.6. The molecule has 1 aliphatic rings. The molecular weight excluding hydrogens is 288 g/mol. The molecule has 2 aromatic rings. The van der Waals surface area contributed by atoms with E-state index < -0.39 is 5.97 Å². The van der Waals surface area contributed by atoms with Crippen LogP contribution in [0.25, 0.3) is 15.7 Å². The van der Waals surface area contributed by atoms with E-state index in [0.717, 1.165) is 5.75 Å². The van der Waals surface area contributed by atoms with Crippen molar-refractivity contribution >= 4 is 45.2 Å². The monoisotopic (exact) mass is 302 g/mol. The van der Waals surface area contributed by atoms with Gasteiger partial charge in [-0.2, -0.15) is 0 Å². The fraction of sp³-hybridized carbons (Fsp3) is 0.188. The number of thioether (sulfide) groups is 2. The Hall–Kier alpha value is -1.39. The van der Waals surface area contributed by atoms with E-state index in [1.165, 1.54) is 26.8 Å². The van der Waals surface area contributed by atoms with Gasteiger partial charge in [-0.05, 0) is 27.3 Å². The third-order valence-corrected chi connectivity index (χ3v) is 5.36. The first-order chi connectivity index (χ1) is 9.75. The molecule has 4 heteroatoms. The summed E-state index contributed by atoms with van der Waals surface area (Å²) in [6.45, 7) is 0. The molecule has 0 aliphatic carbocycles. The molecule has 0 bridgehead atoms. The molecule has 0 fully saturated rings. The molecule has 0 amide bonds. The Morgan fingerprint density at radius 3 is 2.95 bits per heavy atom. The van der Waals surface area contributed by atoms with E-state index in [1.807, 2.05) is 0 Å². The maximum Gasteiger partial charge on any atom is 0.304 e. The molecule has 1 N–H and O–H groups in total. The number of carbonyl (C=O) groups is 1. The summed E-state index contributed by atoms with van der Waals surface area (Å²) in [5, 5.41) is 13.5. The molecule has 0 spiro atoms. The van der Waals surface area contributed by atoms with Crippen molar-refractivity contribution in [3.8, 4) is 0 Å². The van der Waals surface area contributed by atoms with Crippen LogP contribution < -0.4 is 0 Å². The van der Waals surface area contributed by atoms with Gasteiger partial charge in [0.25, 0.3) is 0 Å². The van der Waals surface area contributed by atoms with Crippen LogP contribution in [0.4, 0.5) is 0 Å². The molecule has 0 saturated carbocycles. The van der Waals surface area contributed by atoms with Crippen LogP contribution in [0, 0.1) is 0 Å². The zero-order valence-electron chi connectivity index (χ0n) is 10.8. The number of aliphatic carboxylic acids is 1. The third-order valence-electron chi connectivity index (χ3n) is 3.30. The minimum Gasteiger partial charge on any atom is -0.481 e. The smallest absolute Gasteiger partial charge is 0.304 e. The summed E-state index contributed by atoms with van der Waals surface area (Å²) >= 11 is 3.43. The van der Waals surface area contributed by atoms with Crippen molar-refractivity contribution in [1.29, 1.82) is 0 Å². The second-order valence-electron chi connectivity index (χ2n) is 4.60. The van der Waals surface area contributed by atoms with E-state index >= 15 is 0 Å². The molecule has 0 aromatic heterocycles. The molecule has 2 nitrogen and oxygen atoms in total. The zero-order chi connectivity index (χ0) is 13.9. The topological polar surface area (TPSA) is 37.3 Å². The Bertz CT molecular complexity index is 692. The van der Waals surface area contributed by atoms with Crippen LogP contribution in [0.15, 0.2) is 41.8 Å². The van der Waals surface area contributed by atoms with E-state index in [0.29, 0.717) is 5.75 Å². The van der Waals surface area contributed by atoms with Gasteiger partial charge in [0.1, 0.15) is 0 Å². The Morgan fingerprint density at radius 1 is 1.25 bits per heavy atom. The lowest BCUT2D eigenvalue weighted by atomic mass is 10.00. The summed E-state index contributed by atoms with van der Waals surface area (Å²) in [5.74, 6) is 0.869. The van der Waals surface area contributed by atoms with Crippen LogP contribution >= 0.6 is 23.5 Å². The average molecular weight is 302 g/mol. The molecule has 2 aromatic carbocycles. The average Bonchev–Trinajstić information content (AvgIpc) is 2.47. The molecule has 0 saturated heterocycles. The van der Waals surface area contributed by atoms with E-state index in [9.17, 15) is 4.79 Å². The number of rotatable bonds is 4. The summed E-state index contributed by atoms with van der Waals surface area (Å²) in [4.78, 5) is 11.8. The van der Waals surface area contributed by atoms with Gasteiger partial charge in [-0.3, -0.25) is 4.79 Å². The molecule has 0 radical (unpaired) electrons. The van der Waals surface area contributed by atoms with Gasteiger partial charge in [0.15, 0.2) is 0 Å². The Labute approximate surface area is 126 Å². The second-order valence-corrected chi connectivity index (χ2v) is 6.59. The lowest BCUT2D eigenvalue weighted by molar-refractivity contribution is -0.136. The number of hydrogen-bond donors (Lipinski definition) is 1. The predicted molar refractivity (Wildman–Crippen MR) is 87.9 cm³/mol. The first-order valence-corrected chi connectivity index (χ1v) is 8.46. The quantitative estimate of drug-likeness (QED) is 0.896. The normalized spacial score (nSPS) is 13.9. The SMILES string of the molecule is O=C(O)CCSC1=CSCc2c1ccc1ccccc21. The van der Waals surface area contributed by atoms with Gasteiger partial charge >= 0.3 is 5.97 Å². The summed E-state index contributed by atoms with van der Waals surface area (Å²) in [7, 11) is 0. The van der Waals surface area contributed by atoms with Crippen molar-refractivity contribution < 1.29 is 9.90 Å². The highest BCUT2D eigenvalue weighted by atomic mass is 32.2. The van der Waals surface area contributed by atoms with Crippen LogP contribution in [-0.4, -0.2) is 16.8 Å². The minimum atomic E-state index is -0.736. The lowest BCUT2D eigenvalue weighted by Crippen LogP contribution is -1.99. The second kappa shape index (κ2) is 5.94. The minimum absolute atomic E-state index is 0.204. The molecule has 0 unspecified atom stereocenters. The Kier molecular flexibility index (Phi) is 4.03. The van der Waals surface area contributed by atoms with E-state index in [-0.39, 0.29) is 6.42 Å². The van der Waals surface area contributed by atoms with Gasteiger partial charge in [-0.1, -0.05) is 36.4 Å². The molecule has 1 heterocycles. The van der Waals surface area contributed by atoms with Crippen LogP contribution in [0.2, 0.25) is 0 Å². The fourth-order valence-corrected chi connectivity index (χ4v) is 4.51. The van der Waals surface area contributed by atoms with Gasteiger partial charge < -0.3 is 5.11 Å². The van der Waals surface area contributed by atoms with Crippen molar-refractivity contribution in [2.75, 3.05) is 5.75 Å². The summed E-state index contributed by atoms with van der Waals surface area (Å²) < 4.78 is 0. The number of carboxylic acid groups (broad SMARTS) is 1. The summed E-state index contributed by atoms with van der Waals surface area (Å²) in [5.41, 5.74) is 2.63. The van der Waals surface area contributed by atoms with Crippen molar-refractivity contribution in [3.63, 3.8) is 0 Å². The standard InChI is InChI=1S/C16H14O2S2/c17-16(18)7-8-20-15-10-19-9-14-12-4-2-1-3-11(12)5-6-13(14)15/h1-6,10H,7-9H2,(H,17,18). The van der Waals surface area contributed by atoms with Crippen molar-refractivity contribution in [1.82, 2.24) is 0 Å². The molecule has 20 heavy (non-hydrogen) atoms. The van der Waals surface area contributed by atoms with Crippen LogP contribution in [0.5, 0.6) is 0 Å². The van der Waals surface area contributed by atoms with E-state index in [1.54, 1.807) is 23.5 Å². The number of fused-ring (bicyclic) bond motifs is 3. The molecule has 1 aliphatic heterocycles. The molecule has 0 atom stereocenters. The first kappa shape index (κ1) is 13.6.